The number of carbonyl (C=O) groups is 1. The molecule has 0 aliphatic carbocycles. The summed E-state index contributed by atoms with van der Waals surface area (Å²) in [6, 6.07) is 10.3. The molecule has 0 aliphatic rings. The van der Waals surface area contributed by atoms with E-state index in [0.29, 0.717) is 21.4 Å². The van der Waals surface area contributed by atoms with Gasteiger partial charge in [0.15, 0.2) is 6.61 Å². The number of hydrogen-bond donors (Lipinski definition) is 1. The number of rotatable bonds is 5. The van der Waals surface area contributed by atoms with Gasteiger partial charge in [0.2, 0.25) is 0 Å². The molecule has 1 amide bonds. The van der Waals surface area contributed by atoms with Crippen LogP contribution in [0.3, 0.4) is 0 Å². The standard InChI is InChI=1S/C15H11Cl2FN2O2/c16-11-2-1-10(14(17)7-11)8-19-20-15(21)9-22-13-5-3-12(18)4-6-13/h1-8H,9H2,(H,20,21)/b19-8+. The zero-order valence-electron chi connectivity index (χ0n) is 11.2. The van der Waals surface area contributed by atoms with Crippen LogP contribution in [0.15, 0.2) is 47.6 Å². The van der Waals surface area contributed by atoms with Crippen molar-refractivity contribution in [3.63, 3.8) is 0 Å². The number of amides is 1. The summed E-state index contributed by atoms with van der Waals surface area (Å²) in [7, 11) is 0. The van der Waals surface area contributed by atoms with E-state index in [1.54, 1.807) is 18.2 Å². The Kier molecular flexibility index (Phi) is 5.75. The summed E-state index contributed by atoms with van der Waals surface area (Å²) in [6.45, 7) is -0.239. The first-order valence-electron chi connectivity index (χ1n) is 6.20. The Morgan fingerprint density at radius 1 is 1.23 bits per heavy atom. The van der Waals surface area contributed by atoms with E-state index in [9.17, 15) is 9.18 Å². The molecule has 0 aliphatic heterocycles. The second kappa shape index (κ2) is 7.77. The van der Waals surface area contributed by atoms with Crippen molar-refractivity contribution < 1.29 is 13.9 Å². The van der Waals surface area contributed by atoms with Crippen molar-refractivity contribution >= 4 is 35.3 Å². The van der Waals surface area contributed by atoms with Gasteiger partial charge < -0.3 is 4.74 Å². The molecule has 0 saturated carbocycles. The van der Waals surface area contributed by atoms with Gasteiger partial charge in [0.25, 0.3) is 5.91 Å². The van der Waals surface area contributed by atoms with Crippen LogP contribution in [0.4, 0.5) is 4.39 Å². The molecule has 7 heteroatoms. The predicted molar refractivity (Wildman–Crippen MR) is 84.1 cm³/mol. The smallest absolute Gasteiger partial charge is 0.277 e. The van der Waals surface area contributed by atoms with E-state index in [1.807, 2.05) is 0 Å². The lowest BCUT2D eigenvalue weighted by Gasteiger charge is -2.04. The third-order valence-electron chi connectivity index (χ3n) is 2.54. The van der Waals surface area contributed by atoms with Crippen molar-refractivity contribution in [3.05, 3.63) is 63.9 Å². The summed E-state index contributed by atoms with van der Waals surface area (Å²) in [5, 5.41) is 4.70. The molecule has 0 radical (unpaired) electrons. The SMILES string of the molecule is O=C(COc1ccc(F)cc1)N/N=C/c1ccc(Cl)cc1Cl. The first-order valence-corrected chi connectivity index (χ1v) is 6.95. The van der Waals surface area contributed by atoms with Crippen molar-refractivity contribution in [2.75, 3.05) is 6.61 Å². The van der Waals surface area contributed by atoms with Gasteiger partial charge >= 0.3 is 0 Å². The highest BCUT2D eigenvalue weighted by Gasteiger charge is 2.02. The molecule has 2 rings (SSSR count). The summed E-state index contributed by atoms with van der Waals surface area (Å²) >= 11 is 11.7. The van der Waals surface area contributed by atoms with Crippen molar-refractivity contribution in [2.45, 2.75) is 0 Å². The largest absolute Gasteiger partial charge is 0.484 e. The first kappa shape index (κ1) is 16.3. The Morgan fingerprint density at radius 2 is 1.95 bits per heavy atom. The second-order valence-electron chi connectivity index (χ2n) is 4.20. The minimum atomic E-state index is -0.453. The summed E-state index contributed by atoms with van der Waals surface area (Å²) in [5.74, 6) is -0.437. The third kappa shape index (κ3) is 5.02. The number of carbonyl (C=O) groups excluding carboxylic acids is 1. The molecule has 114 valence electrons. The van der Waals surface area contributed by atoms with Crippen LogP contribution in [-0.2, 0) is 4.79 Å². The van der Waals surface area contributed by atoms with Crippen LogP contribution < -0.4 is 10.2 Å². The van der Waals surface area contributed by atoms with Crippen LogP contribution in [0.25, 0.3) is 0 Å². The van der Waals surface area contributed by atoms with Gasteiger partial charge in [-0.15, -0.1) is 0 Å². The lowest BCUT2D eigenvalue weighted by molar-refractivity contribution is -0.123. The molecule has 0 aromatic heterocycles. The maximum atomic E-state index is 12.7. The van der Waals surface area contributed by atoms with Gasteiger partial charge in [0.1, 0.15) is 11.6 Å². The topological polar surface area (TPSA) is 50.7 Å². The molecule has 0 spiro atoms. The van der Waals surface area contributed by atoms with E-state index in [-0.39, 0.29) is 12.4 Å². The van der Waals surface area contributed by atoms with Crippen molar-refractivity contribution in [1.82, 2.24) is 5.43 Å². The van der Waals surface area contributed by atoms with Crippen LogP contribution in [0.5, 0.6) is 5.75 Å². The molecule has 1 N–H and O–H groups in total. The van der Waals surface area contributed by atoms with E-state index in [1.165, 1.54) is 30.5 Å². The van der Waals surface area contributed by atoms with Crippen molar-refractivity contribution in [1.29, 1.82) is 0 Å². The van der Waals surface area contributed by atoms with Gasteiger partial charge in [-0.05, 0) is 36.4 Å². The van der Waals surface area contributed by atoms with Crippen LogP contribution in [0, 0.1) is 5.82 Å². The zero-order valence-corrected chi connectivity index (χ0v) is 12.7. The lowest BCUT2D eigenvalue weighted by Crippen LogP contribution is -2.24. The van der Waals surface area contributed by atoms with Crippen molar-refractivity contribution in [2.24, 2.45) is 5.10 Å². The Bertz CT molecular complexity index is 690. The van der Waals surface area contributed by atoms with Gasteiger partial charge in [0, 0.05) is 10.6 Å². The number of ether oxygens (including phenoxy) is 1. The van der Waals surface area contributed by atoms with E-state index in [2.05, 4.69) is 10.5 Å². The summed E-state index contributed by atoms with van der Waals surface area (Å²) < 4.78 is 17.9. The maximum Gasteiger partial charge on any atom is 0.277 e. The first-order chi connectivity index (χ1) is 10.5. The molecular weight excluding hydrogens is 330 g/mol. The number of nitrogens with zero attached hydrogens (tertiary/aromatic N) is 1. The van der Waals surface area contributed by atoms with E-state index in [4.69, 9.17) is 27.9 Å². The van der Waals surface area contributed by atoms with Gasteiger partial charge in [-0.25, -0.2) is 9.82 Å². The van der Waals surface area contributed by atoms with Crippen LogP contribution in [0.2, 0.25) is 10.0 Å². The van der Waals surface area contributed by atoms with Gasteiger partial charge in [0.05, 0.1) is 11.2 Å². The lowest BCUT2D eigenvalue weighted by atomic mass is 10.2. The zero-order chi connectivity index (χ0) is 15.9. The molecule has 0 saturated heterocycles. The molecule has 0 heterocycles. The molecule has 0 unspecified atom stereocenters. The Morgan fingerprint density at radius 3 is 2.64 bits per heavy atom. The average Bonchev–Trinajstić information content (AvgIpc) is 2.49. The quantitative estimate of drug-likeness (QED) is 0.667. The molecular formula is C15H11Cl2FN2O2. The van der Waals surface area contributed by atoms with Crippen molar-refractivity contribution in [3.8, 4) is 5.75 Å². The van der Waals surface area contributed by atoms with Crippen LogP contribution in [0.1, 0.15) is 5.56 Å². The Balaban J connectivity index is 1.82. The van der Waals surface area contributed by atoms with Crippen LogP contribution >= 0.6 is 23.2 Å². The van der Waals surface area contributed by atoms with E-state index < -0.39 is 5.91 Å². The fourth-order valence-corrected chi connectivity index (χ4v) is 1.95. The van der Waals surface area contributed by atoms with Gasteiger partial charge in [-0.3, -0.25) is 4.79 Å². The summed E-state index contributed by atoms with van der Waals surface area (Å²) in [4.78, 5) is 11.5. The fraction of sp³-hybridized carbons (Fsp3) is 0.0667. The van der Waals surface area contributed by atoms with Crippen LogP contribution in [-0.4, -0.2) is 18.7 Å². The Labute approximate surface area is 136 Å². The molecule has 4 nitrogen and oxygen atoms in total. The van der Waals surface area contributed by atoms with E-state index >= 15 is 0 Å². The maximum absolute atomic E-state index is 12.7. The minimum absolute atomic E-state index is 0.239. The summed E-state index contributed by atoms with van der Waals surface area (Å²) in [5.41, 5.74) is 2.91. The highest BCUT2D eigenvalue weighted by atomic mass is 35.5. The monoisotopic (exact) mass is 340 g/mol. The number of halogens is 3. The molecule has 2 aromatic rings. The third-order valence-corrected chi connectivity index (χ3v) is 3.10. The second-order valence-corrected chi connectivity index (χ2v) is 5.05. The van der Waals surface area contributed by atoms with Gasteiger partial charge in [-0.1, -0.05) is 29.3 Å². The number of nitrogens with one attached hydrogen (secondary N) is 1. The molecule has 0 fully saturated rings. The minimum Gasteiger partial charge on any atom is -0.484 e. The average molecular weight is 341 g/mol. The fourth-order valence-electron chi connectivity index (χ4n) is 1.49. The highest BCUT2D eigenvalue weighted by Crippen LogP contribution is 2.19. The number of hydrogen-bond acceptors (Lipinski definition) is 3. The summed E-state index contributed by atoms with van der Waals surface area (Å²) in [6.07, 6.45) is 1.40. The predicted octanol–water partition coefficient (Wildman–Crippen LogP) is 3.66. The molecule has 0 atom stereocenters. The van der Waals surface area contributed by atoms with Gasteiger partial charge in [-0.2, -0.15) is 5.10 Å². The highest BCUT2D eigenvalue weighted by molar-refractivity contribution is 6.36. The Hall–Kier alpha value is -2.11. The van der Waals surface area contributed by atoms with E-state index in [0.717, 1.165) is 0 Å². The molecule has 0 bridgehead atoms. The molecule has 22 heavy (non-hydrogen) atoms. The molecule has 2 aromatic carbocycles. The normalized spacial score (nSPS) is 10.7. The number of hydrazone groups is 1. The number of benzene rings is 2.